The quantitative estimate of drug-likeness (QED) is 0.0279. The third-order valence-electron chi connectivity index (χ3n) is 14.1. The van der Waals surface area contributed by atoms with Crippen molar-refractivity contribution < 1.29 is 127 Å². The van der Waals surface area contributed by atoms with Crippen LogP contribution >= 0.6 is 0 Å². The summed E-state index contributed by atoms with van der Waals surface area (Å²) in [6.07, 6.45) is 6.83. The molecule has 0 saturated carbocycles. The number of carbonyl (C=O) groups is 3. The molecule has 1 saturated heterocycles. The number of anilines is 1. The number of hydroxylamine groups is 2. The molecule has 0 aromatic heterocycles. The molecule has 1 aromatic rings. The van der Waals surface area contributed by atoms with Gasteiger partial charge in [-0.2, -0.15) is 8.42 Å². The van der Waals surface area contributed by atoms with Crippen LogP contribution in [-0.2, 0) is 97.7 Å². The normalized spacial score (nSPS) is 16.0. The number of carbonyl (C=O) groups excluding carboxylic acids is 3. The van der Waals surface area contributed by atoms with Gasteiger partial charge in [0.25, 0.3) is 21.9 Å². The van der Waals surface area contributed by atoms with E-state index >= 15 is 0 Å². The Labute approximate surface area is 534 Å². The van der Waals surface area contributed by atoms with Gasteiger partial charge in [-0.3, -0.25) is 14.1 Å². The predicted molar refractivity (Wildman–Crippen MR) is 317 cm³/mol. The number of rotatable bonds is 44. The zero-order valence-corrected chi connectivity index (χ0v) is 55.4. The number of methoxy groups -OCH3 is 2. The van der Waals surface area contributed by atoms with Crippen LogP contribution < -0.4 is 44.4 Å². The molecule has 2 amide bonds. The van der Waals surface area contributed by atoms with Crippen molar-refractivity contribution in [3.8, 4) is 11.3 Å². The van der Waals surface area contributed by atoms with E-state index in [0.29, 0.717) is 191 Å². The summed E-state index contributed by atoms with van der Waals surface area (Å²) in [5, 5.41) is 1.38. The van der Waals surface area contributed by atoms with Crippen LogP contribution in [0.1, 0.15) is 95.9 Å². The van der Waals surface area contributed by atoms with Gasteiger partial charge in [0.1, 0.15) is 34.9 Å². The first kappa shape index (κ1) is 75.4. The topological polar surface area (TPSA) is 287 Å². The molecule has 3 heterocycles. The molecular weight excluding hydrogens is 1190 g/mol. The van der Waals surface area contributed by atoms with E-state index in [9.17, 15) is 40.3 Å². The van der Waals surface area contributed by atoms with Crippen molar-refractivity contribution in [3.05, 3.63) is 82.6 Å². The summed E-state index contributed by atoms with van der Waals surface area (Å²) in [4.78, 5) is 43.2. The SMILES string of the molecule is COCCOCCOCCOCCOCC[N+](CCOCCOCCOCCOCCOC)=c1ccc2c(C(C)(C)C)cc(/C=C/C=C3/N(CCCCCC(=O)ON4C(=O)CCC4=O)c4ccc(S(=O)(=O)[O-])cc4C3(C)CCCS(=O)(=O)O)oc-2c1.[Na+]. The molecule has 4 aliphatic rings. The van der Waals surface area contributed by atoms with Crippen LogP contribution in [0.5, 0.6) is 0 Å². The summed E-state index contributed by atoms with van der Waals surface area (Å²) in [6, 6.07) is 12.2. The zero-order valence-electron chi connectivity index (χ0n) is 51.8. The fraction of sp³-hybridized carbons (Fsp3) is 0.633. The van der Waals surface area contributed by atoms with E-state index in [-0.39, 0.29) is 67.1 Å². The molecule has 482 valence electrons. The molecule has 0 bridgehead atoms. The second-order valence-corrected chi connectivity index (χ2v) is 24.6. The van der Waals surface area contributed by atoms with Gasteiger partial charge >= 0.3 is 35.5 Å². The van der Waals surface area contributed by atoms with Gasteiger partial charge in [0, 0.05) is 68.5 Å². The fourth-order valence-corrected chi connectivity index (χ4v) is 10.7. The molecule has 1 aliphatic carbocycles. The molecule has 24 nitrogen and oxygen atoms in total. The summed E-state index contributed by atoms with van der Waals surface area (Å²) >= 11 is 0. The van der Waals surface area contributed by atoms with Crippen LogP contribution in [0, 0.1) is 0 Å². The van der Waals surface area contributed by atoms with E-state index in [2.05, 4.69) is 25.3 Å². The number of allylic oxidation sites excluding steroid dienone is 3. The van der Waals surface area contributed by atoms with Gasteiger partial charge in [-0.05, 0) is 91.6 Å². The number of benzene rings is 2. The van der Waals surface area contributed by atoms with Crippen molar-refractivity contribution in [1.29, 1.82) is 0 Å². The van der Waals surface area contributed by atoms with E-state index in [0.717, 1.165) is 16.5 Å². The minimum atomic E-state index is -4.91. The van der Waals surface area contributed by atoms with E-state index in [1.54, 1.807) is 26.4 Å². The number of imide groups is 1. The van der Waals surface area contributed by atoms with E-state index in [1.165, 1.54) is 12.1 Å². The number of hydrogen-bond acceptors (Lipinski definition) is 21. The molecular formula is C60H89N3NaO21S2+. The number of hydrogen-bond donors (Lipinski definition) is 1. The van der Waals surface area contributed by atoms with E-state index < -0.39 is 54.1 Å². The maximum Gasteiger partial charge on any atom is 1.00 e. The predicted octanol–water partition coefficient (Wildman–Crippen LogP) is 2.30. The van der Waals surface area contributed by atoms with Crippen LogP contribution in [0.15, 0.2) is 69.6 Å². The van der Waals surface area contributed by atoms with Crippen molar-refractivity contribution >= 4 is 49.8 Å². The first-order chi connectivity index (χ1) is 41.2. The maximum absolute atomic E-state index is 12.6. The molecule has 27 heteroatoms. The molecule has 1 aromatic carbocycles. The molecule has 0 radical (unpaired) electrons. The van der Waals surface area contributed by atoms with Crippen molar-refractivity contribution in [2.45, 2.75) is 94.8 Å². The molecule has 0 spiro atoms. The largest absolute Gasteiger partial charge is 1.00 e. The van der Waals surface area contributed by atoms with Gasteiger partial charge in [-0.15, -0.1) is 5.06 Å². The molecule has 1 unspecified atom stereocenters. The zero-order chi connectivity index (χ0) is 62.4. The first-order valence-electron chi connectivity index (χ1n) is 29.2. The Bertz CT molecular complexity index is 2880. The summed E-state index contributed by atoms with van der Waals surface area (Å²) in [6.45, 7) is 17.5. The minimum Gasteiger partial charge on any atom is -0.744 e. The smallest absolute Gasteiger partial charge is 0.744 e. The number of fused-ring (bicyclic) bond motifs is 2. The van der Waals surface area contributed by atoms with Crippen LogP contribution in [-0.4, -0.2) is 207 Å². The number of nitrogens with zero attached hydrogens (tertiary/aromatic N) is 3. The third kappa shape index (κ3) is 26.4. The molecule has 1 N–H and O–H groups in total. The van der Waals surface area contributed by atoms with E-state index in [1.807, 2.05) is 48.2 Å². The Morgan fingerprint density at radius 1 is 0.701 bits per heavy atom. The van der Waals surface area contributed by atoms with Gasteiger partial charge in [0.05, 0.1) is 122 Å². The first-order valence-corrected chi connectivity index (χ1v) is 32.2. The summed E-state index contributed by atoms with van der Waals surface area (Å²) < 4.78 is 135. The molecule has 5 rings (SSSR count). The average molecular weight is 1280 g/mol. The average Bonchev–Trinajstić information content (AvgIpc) is 1.66. The Morgan fingerprint density at radius 2 is 1.22 bits per heavy atom. The van der Waals surface area contributed by atoms with Crippen molar-refractivity contribution in [2.24, 2.45) is 0 Å². The van der Waals surface area contributed by atoms with Crippen LogP contribution in [0.2, 0.25) is 0 Å². The van der Waals surface area contributed by atoms with Crippen molar-refractivity contribution in [1.82, 2.24) is 9.64 Å². The summed E-state index contributed by atoms with van der Waals surface area (Å²) in [5.74, 6) is -1.31. The number of ether oxygens (including phenoxy) is 10. The Kier molecular flexibility index (Phi) is 34.0. The van der Waals surface area contributed by atoms with Gasteiger partial charge < -0.3 is 66.1 Å². The summed E-state index contributed by atoms with van der Waals surface area (Å²) in [7, 11) is -6.04. The van der Waals surface area contributed by atoms with Crippen molar-refractivity contribution in [2.75, 3.05) is 163 Å². The Morgan fingerprint density at radius 3 is 1.71 bits per heavy atom. The molecule has 3 aliphatic heterocycles. The van der Waals surface area contributed by atoms with Crippen LogP contribution in [0.3, 0.4) is 0 Å². The third-order valence-corrected chi connectivity index (χ3v) is 15.7. The standard InChI is InChI=1S/C60H89N3O21S2.Na/c1-59(2,3)51-45-48(12-10-13-55-60(4,21-11-43-85(67,68)69)52-46-49(86(70,71)72)16-18-53(52)62(55)22-9-7-8-14-58(66)84-63-56(64)19-20-57(63)65)83-54-44-47(15-17-50(51)54)61(23-25-75-31-33-79-39-41-81-37-35-77-29-27-73-5)24-26-76-32-34-80-40-42-82-38-36-78-30-28-74-6;/h10,12-13,15-18,44-46H,7-9,11,14,19-43H2,1-6H3,(H-,67,68,69,70,71,72);/q;+1. The Balaban J connectivity index is 0.0000162. The number of unbranched alkanes of at least 4 members (excludes halogenated alkanes) is 2. The molecule has 87 heavy (non-hydrogen) atoms. The number of amides is 2. The van der Waals surface area contributed by atoms with E-state index in [4.69, 9.17) is 56.6 Å². The van der Waals surface area contributed by atoms with Crippen LogP contribution in [0.4, 0.5) is 5.69 Å². The molecule has 1 fully saturated rings. The van der Waals surface area contributed by atoms with Crippen LogP contribution in [0.25, 0.3) is 17.4 Å². The van der Waals surface area contributed by atoms with Gasteiger partial charge in [-0.1, -0.05) is 33.3 Å². The van der Waals surface area contributed by atoms with Gasteiger partial charge in [0.15, 0.2) is 13.1 Å². The second-order valence-electron chi connectivity index (χ2n) is 21.6. The van der Waals surface area contributed by atoms with Gasteiger partial charge in [0.2, 0.25) is 5.36 Å². The minimum absolute atomic E-state index is 0. The fourth-order valence-electron chi connectivity index (χ4n) is 9.68. The monoisotopic (exact) mass is 1270 g/mol. The summed E-state index contributed by atoms with van der Waals surface area (Å²) in [5.41, 5.74) is 2.22. The maximum atomic E-state index is 12.6. The Hall–Kier alpha value is -4.04. The van der Waals surface area contributed by atoms with Gasteiger partial charge in [-0.25, -0.2) is 17.8 Å². The molecule has 1 atom stereocenters. The van der Waals surface area contributed by atoms with Crippen molar-refractivity contribution in [3.63, 3.8) is 0 Å². The second kappa shape index (κ2) is 39.3.